The van der Waals surface area contributed by atoms with E-state index < -0.39 is 35.6 Å². The SMILES string of the molecule is Cn1cc(C#Cc2ccc(NC(=O)[C@@H]3COCCN3C(=O)[C@H](NC(=O)OC(C)(C)C)c3ccsc3)cc2)c(-c2cc(C#N)ccc2O)n1. The second kappa shape index (κ2) is 14.4. The van der Waals surface area contributed by atoms with E-state index in [1.54, 1.807) is 85.9 Å². The predicted molar refractivity (Wildman–Crippen MR) is 179 cm³/mol. The van der Waals surface area contributed by atoms with Gasteiger partial charge in [-0.2, -0.15) is 21.7 Å². The molecule has 1 saturated heterocycles. The topological polar surface area (TPSA) is 159 Å². The average Bonchev–Trinajstić information content (AvgIpc) is 3.72. The van der Waals surface area contributed by atoms with Gasteiger partial charge in [-0.25, -0.2) is 4.79 Å². The Morgan fingerprint density at radius 2 is 1.88 bits per heavy atom. The third-order valence-electron chi connectivity index (χ3n) is 7.20. The van der Waals surface area contributed by atoms with Crippen molar-refractivity contribution in [3.63, 3.8) is 0 Å². The van der Waals surface area contributed by atoms with Gasteiger partial charge in [0.15, 0.2) is 0 Å². The number of rotatable bonds is 6. The first-order valence-corrected chi connectivity index (χ1v) is 16.0. The van der Waals surface area contributed by atoms with Gasteiger partial charge in [-0.05, 0) is 85.6 Å². The first-order valence-electron chi connectivity index (χ1n) is 15.0. The van der Waals surface area contributed by atoms with Gasteiger partial charge in [-0.3, -0.25) is 14.3 Å². The zero-order chi connectivity index (χ0) is 34.4. The van der Waals surface area contributed by atoms with Crippen molar-refractivity contribution >= 4 is 34.9 Å². The lowest BCUT2D eigenvalue weighted by Crippen LogP contribution is -2.57. The highest BCUT2D eigenvalue weighted by Crippen LogP contribution is 2.31. The van der Waals surface area contributed by atoms with Crippen molar-refractivity contribution in [2.24, 2.45) is 7.05 Å². The second-order valence-electron chi connectivity index (χ2n) is 12.0. The van der Waals surface area contributed by atoms with E-state index in [1.807, 2.05) is 0 Å². The zero-order valence-electron chi connectivity index (χ0n) is 26.8. The lowest BCUT2D eigenvalue weighted by Gasteiger charge is -2.36. The highest BCUT2D eigenvalue weighted by Gasteiger charge is 2.38. The van der Waals surface area contributed by atoms with Crippen molar-refractivity contribution in [2.45, 2.75) is 38.5 Å². The summed E-state index contributed by atoms with van der Waals surface area (Å²) in [6.07, 6.45) is 0.983. The van der Waals surface area contributed by atoms with Crippen LogP contribution in [-0.2, 0) is 26.1 Å². The average molecular weight is 667 g/mol. The first kappa shape index (κ1) is 33.7. The molecule has 48 heavy (non-hydrogen) atoms. The number of aromatic hydroxyl groups is 1. The first-order chi connectivity index (χ1) is 22.9. The summed E-state index contributed by atoms with van der Waals surface area (Å²) >= 11 is 1.39. The number of phenolic OH excluding ortho intramolecular Hbond substituents is 1. The van der Waals surface area contributed by atoms with Gasteiger partial charge in [0.05, 0.1) is 30.4 Å². The van der Waals surface area contributed by atoms with Crippen LogP contribution in [0.25, 0.3) is 11.3 Å². The summed E-state index contributed by atoms with van der Waals surface area (Å²) in [4.78, 5) is 41.4. The maximum atomic E-state index is 13.8. The van der Waals surface area contributed by atoms with E-state index in [0.717, 1.165) is 0 Å². The number of benzene rings is 2. The molecule has 13 heteroatoms. The van der Waals surface area contributed by atoms with Crippen LogP contribution >= 0.6 is 11.3 Å². The molecule has 12 nitrogen and oxygen atoms in total. The smallest absolute Gasteiger partial charge is 0.408 e. The number of aryl methyl sites for hydroxylation is 1. The molecule has 2 aromatic carbocycles. The fraction of sp³-hybridized carbons (Fsp3) is 0.286. The number of alkyl carbamates (subject to hydrolysis) is 1. The lowest BCUT2D eigenvalue weighted by atomic mass is 10.0. The van der Waals surface area contributed by atoms with Crippen molar-refractivity contribution < 1.29 is 29.0 Å². The molecular formula is C35H34N6O6S. The van der Waals surface area contributed by atoms with Gasteiger partial charge in [0, 0.05) is 36.6 Å². The van der Waals surface area contributed by atoms with Crippen LogP contribution in [0.1, 0.15) is 49.1 Å². The third kappa shape index (κ3) is 8.20. The molecule has 3 amide bonds. The highest BCUT2D eigenvalue weighted by molar-refractivity contribution is 7.08. The van der Waals surface area contributed by atoms with Gasteiger partial charge in [0.2, 0.25) is 5.91 Å². The maximum Gasteiger partial charge on any atom is 0.408 e. The van der Waals surface area contributed by atoms with Gasteiger partial charge in [0.25, 0.3) is 5.91 Å². The molecule has 0 bridgehead atoms. The Balaban J connectivity index is 1.29. The Morgan fingerprint density at radius 1 is 1.12 bits per heavy atom. The van der Waals surface area contributed by atoms with Crippen LogP contribution < -0.4 is 10.6 Å². The van der Waals surface area contributed by atoms with E-state index in [0.29, 0.717) is 39.2 Å². The Kier molecular flexibility index (Phi) is 10.1. The predicted octanol–water partition coefficient (Wildman–Crippen LogP) is 4.56. The Bertz CT molecular complexity index is 1910. The molecule has 5 rings (SSSR count). The van der Waals surface area contributed by atoms with Crippen molar-refractivity contribution in [1.29, 1.82) is 5.26 Å². The van der Waals surface area contributed by atoms with Crippen LogP contribution in [0, 0.1) is 23.2 Å². The zero-order valence-corrected chi connectivity index (χ0v) is 27.6. The summed E-state index contributed by atoms with van der Waals surface area (Å²) in [5, 5.41) is 33.2. The van der Waals surface area contributed by atoms with Crippen LogP contribution in [-0.4, -0.2) is 69.1 Å². The minimum absolute atomic E-state index is 0.00972. The van der Waals surface area contributed by atoms with E-state index in [4.69, 9.17) is 9.47 Å². The number of nitriles is 1. The van der Waals surface area contributed by atoms with Crippen LogP contribution in [0.2, 0.25) is 0 Å². The molecule has 2 atom stereocenters. The third-order valence-corrected chi connectivity index (χ3v) is 7.90. The minimum Gasteiger partial charge on any atom is -0.507 e. The maximum absolute atomic E-state index is 13.8. The molecule has 0 unspecified atom stereocenters. The molecule has 3 N–H and O–H groups in total. The van der Waals surface area contributed by atoms with Crippen molar-refractivity contribution in [3.8, 4) is 34.9 Å². The van der Waals surface area contributed by atoms with Gasteiger partial charge in [-0.1, -0.05) is 11.8 Å². The molecule has 246 valence electrons. The quantitative estimate of drug-likeness (QED) is 0.253. The Morgan fingerprint density at radius 3 is 2.56 bits per heavy atom. The summed E-state index contributed by atoms with van der Waals surface area (Å²) in [5.74, 6) is 5.25. The number of nitrogens with zero attached hydrogens (tertiary/aromatic N) is 4. The van der Waals surface area contributed by atoms with Gasteiger partial charge < -0.3 is 30.1 Å². The van der Waals surface area contributed by atoms with E-state index in [2.05, 4.69) is 33.6 Å². The van der Waals surface area contributed by atoms with Crippen molar-refractivity contribution in [1.82, 2.24) is 20.0 Å². The molecule has 4 aromatic rings. The van der Waals surface area contributed by atoms with Crippen LogP contribution in [0.15, 0.2) is 65.5 Å². The van der Waals surface area contributed by atoms with Crippen molar-refractivity contribution in [2.75, 3.05) is 25.1 Å². The van der Waals surface area contributed by atoms with Crippen LogP contribution in [0.5, 0.6) is 5.75 Å². The number of hydrogen-bond donors (Lipinski definition) is 3. The Labute approximate surface area is 281 Å². The molecule has 3 heterocycles. The highest BCUT2D eigenvalue weighted by atomic mass is 32.1. The van der Waals surface area contributed by atoms with E-state index in [1.165, 1.54) is 28.4 Å². The number of morpholine rings is 1. The van der Waals surface area contributed by atoms with Crippen molar-refractivity contribution in [3.05, 3.63) is 87.7 Å². The molecule has 0 radical (unpaired) electrons. The Hall–Kier alpha value is -5.63. The number of thiophene rings is 1. The van der Waals surface area contributed by atoms with Gasteiger partial charge >= 0.3 is 6.09 Å². The van der Waals surface area contributed by atoms with Gasteiger partial charge in [0.1, 0.15) is 29.1 Å². The number of anilines is 1. The number of hydrogen-bond acceptors (Lipinski definition) is 9. The number of carbonyl (C=O) groups excluding carboxylic acids is 3. The fourth-order valence-corrected chi connectivity index (χ4v) is 5.66. The molecule has 1 aliphatic rings. The number of amides is 3. The molecule has 1 aliphatic heterocycles. The standard InChI is InChI=1S/C35H34N6O6S/c1-35(2,3)47-34(45)38-31(25-13-16-48-21-25)33(44)41-14-15-46-20-28(41)32(43)37-26-10-6-22(7-11-26)5-9-24-19-40(4)39-30(24)27-17-23(18-36)8-12-29(27)42/h6-8,10-13,16-17,19,21,28,31,42H,14-15,20H2,1-4H3,(H,37,43)(H,38,45)/t28-,31+/m0/s1. The fourth-order valence-electron chi connectivity index (χ4n) is 4.98. The molecule has 0 spiro atoms. The molecular weight excluding hydrogens is 632 g/mol. The van der Waals surface area contributed by atoms with E-state index in [-0.39, 0.29) is 25.5 Å². The molecule has 0 saturated carbocycles. The molecule has 1 fully saturated rings. The lowest BCUT2D eigenvalue weighted by molar-refractivity contribution is -0.148. The van der Waals surface area contributed by atoms with Crippen LogP contribution in [0.4, 0.5) is 10.5 Å². The summed E-state index contributed by atoms with van der Waals surface area (Å²) in [5.41, 5.74) is 2.77. The summed E-state index contributed by atoms with van der Waals surface area (Å²) in [7, 11) is 1.74. The van der Waals surface area contributed by atoms with E-state index in [9.17, 15) is 24.8 Å². The van der Waals surface area contributed by atoms with E-state index >= 15 is 0 Å². The van der Waals surface area contributed by atoms with Crippen LogP contribution in [0.3, 0.4) is 0 Å². The molecule has 0 aliphatic carbocycles. The number of ether oxygens (including phenoxy) is 2. The number of aromatic nitrogens is 2. The normalized spacial score (nSPS) is 15.0. The number of carbonyl (C=O) groups is 3. The summed E-state index contributed by atoms with van der Waals surface area (Å²) in [6.45, 7) is 5.60. The second-order valence-corrected chi connectivity index (χ2v) is 12.8. The molecule has 2 aromatic heterocycles. The largest absolute Gasteiger partial charge is 0.507 e. The summed E-state index contributed by atoms with van der Waals surface area (Å²) in [6, 6.07) is 13.2. The number of phenols is 1. The van der Waals surface area contributed by atoms with Gasteiger partial charge in [-0.15, -0.1) is 0 Å². The minimum atomic E-state index is -1.04. The number of nitrogens with one attached hydrogen (secondary N) is 2. The monoisotopic (exact) mass is 666 g/mol. The summed E-state index contributed by atoms with van der Waals surface area (Å²) < 4.78 is 12.5.